The van der Waals surface area contributed by atoms with Gasteiger partial charge in [-0.15, -0.1) is 0 Å². The summed E-state index contributed by atoms with van der Waals surface area (Å²) in [6.07, 6.45) is 21.3. The van der Waals surface area contributed by atoms with Crippen LogP contribution in [0.1, 0.15) is 233 Å². The van der Waals surface area contributed by atoms with Gasteiger partial charge in [-0.2, -0.15) is 0 Å². The maximum absolute atomic E-state index is 12.0. The van der Waals surface area contributed by atoms with Crippen molar-refractivity contribution in [3.05, 3.63) is 24.3 Å². The van der Waals surface area contributed by atoms with Crippen LogP contribution in [0.5, 0.6) is 0 Å². The van der Waals surface area contributed by atoms with E-state index < -0.39 is 22.8 Å². The van der Waals surface area contributed by atoms with E-state index in [1.807, 2.05) is 0 Å². The highest BCUT2D eigenvalue weighted by molar-refractivity contribution is 5.92. The Labute approximate surface area is 501 Å². The Balaban J connectivity index is 0.000000233. The topological polar surface area (TPSA) is 191 Å². The second-order valence-electron chi connectivity index (χ2n) is 31.0. The van der Waals surface area contributed by atoms with E-state index in [1.54, 1.807) is 0 Å². The first-order valence-corrected chi connectivity index (χ1v) is 31.8. The predicted molar refractivity (Wildman–Crippen MR) is 327 cm³/mol. The van der Waals surface area contributed by atoms with E-state index in [4.69, 9.17) is 19.1 Å². The average molecular weight is 1160 g/mol. The second kappa shape index (κ2) is 23.6. The summed E-state index contributed by atoms with van der Waals surface area (Å²) >= 11 is 0. The molecule has 10 aliphatic rings. The van der Waals surface area contributed by atoms with E-state index in [0.717, 1.165) is 120 Å². The Bertz CT molecular complexity index is 2560. The molecule has 10 fully saturated rings. The molecule has 0 spiro atoms. The van der Waals surface area contributed by atoms with Crippen LogP contribution in [0.3, 0.4) is 0 Å². The van der Waals surface area contributed by atoms with E-state index >= 15 is 0 Å². The van der Waals surface area contributed by atoms with Crippen molar-refractivity contribution >= 4 is 35.3 Å². The van der Waals surface area contributed by atoms with Crippen LogP contribution < -0.4 is 0 Å². The third-order valence-electron chi connectivity index (χ3n) is 28.1. The molecule has 0 amide bonds. The Kier molecular flexibility index (Phi) is 19.1. The number of carbonyl (C=O) groups is 4. The minimum absolute atomic E-state index is 0. The smallest absolute Gasteiger partial charge is 0.331 e. The van der Waals surface area contributed by atoms with Gasteiger partial charge in [0.25, 0.3) is 0 Å². The van der Waals surface area contributed by atoms with E-state index in [0.29, 0.717) is 48.0 Å². The van der Waals surface area contributed by atoms with Gasteiger partial charge in [0, 0.05) is 51.7 Å². The Morgan fingerprint density at radius 3 is 1.20 bits per heavy atom. The molecule has 13 nitrogen and oxygen atoms in total. The van der Waals surface area contributed by atoms with Crippen molar-refractivity contribution in [3.8, 4) is 0 Å². The molecule has 10 saturated carbocycles. The van der Waals surface area contributed by atoms with Gasteiger partial charge < -0.3 is 34.5 Å². The van der Waals surface area contributed by atoms with Crippen LogP contribution in [0.25, 0.3) is 0 Å². The van der Waals surface area contributed by atoms with E-state index in [1.165, 1.54) is 59.0 Å². The summed E-state index contributed by atoms with van der Waals surface area (Å²) in [5, 5.41) is 40.3. The van der Waals surface area contributed by atoms with Gasteiger partial charge in [0.2, 0.25) is 0 Å². The summed E-state index contributed by atoms with van der Waals surface area (Å²) in [6.45, 7) is 37.4. The third-order valence-corrected chi connectivity index (χ3v) is 28.1. The molecule has 13 heteroatoms. The van der Waals surface area contributed by atoms with E-state index in [2.05, 4.69) is 85.8 Å². The maximum Gasteiger partial charge on any atom is 0.331 e. The number of nitrogens with zero attached hydrogens (tertiary/aromatic N) is 2. The number of aliphatic hydroxyl groups excluding tert-OH is 3. The first kappa shape index (κ1) is 67.1. The van der Waals surface area contributed by atoms with Crippen LogP contribution in [-0.2, 0) is 38.3 Å². The molecular weight excluding hydrogens is 1040 g/mol. The zero-order valence-electron chi connectivity index (χ0n) is 52.4. The predicted octanol–water partition coefficient (Wildman–Crippen LogP) is 14.4. The van der Waals surface area contributed by atoms with Crippen molar-refractivity contribution in [2.75, 3.05) is 33.0 Å². The zero-order chi connectivity index (χ0) is 59.3. The number of hydrogen-bond donors (Lipinski definition) is 3. The summed E-state index contributed by atoms with van der Waals surface area (Å²) < 4.78 is 11.4. The molecule has 20 atom stereocenters. The number of carbonyl (C=O) groups excluding carboxylic acids is 4. The van der Waals surface area contributed by atoms with Gasteiger partial charge in [-0.25, -0.2) is 9.59 Å². The van der Waals surface area contributed by atoms with E-state index in [-0.39, 0.29) is 114 Å². The normalized spacial score (nSPS) is 47.2. The molecule has 10 rings (SSSR count). The zero-order valence-corrected chi connectivity index (χ0v) is 52.4. The molecular formula is C70H114N2O11. The van der Waals surface area contributed by atoms with Crippen LogP contribution in [0.2, 0.25) is 0 Å². The highest BCUT2D eigenvalue weighted by Gasteiger charge is 2.73. The molecule has 0 aromatic heterocycles. The van der Waals surface area contributed by atoms with Crippen molar-refractivity contribution < 1.29 is 53.6 Å². The van der Waals surface area contributed by atoms with Gasteiger partial charge in [0.05, 0.1) is 18.0 Å². The monoisotopic (exact) mass is 1160 g/mol. The van der Waals surface area contributed by atoms with Crippen molar-refractivity contribution in [3.63, 3.8) is 0 Å². The standard InChI is InChI=1S/C34H53NO6.C34H53NO5.2CH4/c1-21(18-36)24-10-15-34(19-37)17-16-32(6)25(29(24)34)8-9-27-30(4)13-12-28(35-41-23(3)39)31(5,20-40-22(2)38)26(30)11-14-33(27,32)7;1-21(2)24-11-16-34(19-36)18-17-32(7)25(29(24)34)9-10-27-30(5)14-13-28(35-40-23(4)38)31(6,20-39-22(3)37)26(30)12-15-33(27,32)8;;/h24-27,29,36-37H,1,8-20H2,2-7H3;24-27,29,36H,1,9-20H2,2-8H3;2*1H4/t2*24-,25+,26+,27+,29+,30-,31+,32+,33+,34+;;/m00../s1. The Morgan fingerprint density at radius 2 is 0.855 bits per heavy atom. The van der Waals surface area contributed by atoms with Crippen LogP contribution in [0, 0.1) is 113 Å². The molecule has 0 unspecified atom stereocenters. The lowest BCUT2D eigenvalue weighted by Gasteiger charge is -2.72. The minimum Gasteiger partial charge on any atom is -0.465 e. The molecule has 0 bridgehead atoms. The molecule has 0 radical (unpaired) electrons. The number of oxime groups is 2. The fraction of sp³-hybridized carbons (Fsp3) is 0.857. The van der Waals surface area contributed by atoms with Gasteiger partial charge in [-0.05, 0) is 243 Å². The number of rotatable bonds is 11. The summed E-state index contributed by atoms with van der Waals surface area (Å²) in [5.74, 6) is 2.96. The molecule has 0 aromatic rings. The summed E-state index contributed by atoms with van der Waals surface area (Å²) in [5.41, 5.74) is 3.75. The molecule has 0 aliphatic heterocycles. The van der Waals surface area contributed by atoms with Gasteiger partial charge >= 0.3 is 23.9 Å². The molecule has 0 heterocycles. The average Bonchev–Trinajstić information content (AvgIpc) is 1.48. The number of ether oxygens (including phenoxy) is 2. The van der Waals surface area contributed by atoms with Crippen LogP contribution >= 0.6 is 0 Å². The number of esters is 2. The van der Waals surface area contributed by atoms with Crippen LogP contribution in [-0.4, -0.2) is 83.7 Å². The molecule has 0 saturated heterocycles. The number of aliphatic hydroxyl groups is 3. The first-order valence-electron chi connectivity index (χ1n) is 31.8. The minimum atomic E-state index is -0.499. The van der Waals surface area contributed by atoms with E-state index in [9.17, 15) is 34.5 Å². The molecule has 83 heavy (non-hydrogen) atoms. The maximum atomic E-state index is 12.0. The highest BCUT2D eigenvalue weighted by Crippen LogP contribution is 2.79. The van der Waals surface area contributed by atoms with Gasteiger partial charge in [0.1, 0.15) is 13.2 Å². The lowest BCUT2D eigenvalue weighted by molar-refractivity contribution is -0.233. The molecule has 0 aromatic carbocycles. The fourth-order valence-corrected chi connectivity index (χ4v) is 23.8. The lowest BCUT2D eigenvalue weighted by atomic mass is 9.32. The quantitative estimate of drug-likeness (QED) is 0.0772. The summed E-state index contributed by atoms with van der Waals surface area (Å²) in [6, 6.07) is 0. The SMILES string of the molecule is C.C.C=C(C)[C@@H]1CC[C@]2(CO)CC[C@]3(C)[C@H](CC[C@@H]4[C@@]5(C)CCC(=NOC(C)=O)[C@](C)(COC(C)=O)[C@@H]5CC[C@]43C)[C@@H]12.C=C(CO)[C@@H]1CC[C@]2(CO)CC[C@]3(C)[C@H](CC[C@@H]4[C@@]5(C)CCC(=NOC(C)=O)[C@](C)(COC(C)=O)[C@@H]5CC[C@]43C)[C@@H]12. The first-order chi connectivity index (χ1) is 37.9. The lowest BCUT2D eigenvalue weighted by Crippen LogP contribution is -2.67. The second-order valence-corrected chi connectivity index (χ2v) is 31.0. The van der Waals surface area contributed by atoms with Gasteiger partial charge in [-0.3, -0.25) is 9.59 Å². The number of allylic oxidation sites excluding steroid dienone is 1. The number of fused-ring (bicyclic) bond motifs is 14. The summed E-state index contributed by atoms with van der Waals surface area (Å²) in [7, 11) is 0. The molecule has 10 aliphatic carbocycles. The number of hydrogen-bond acceptors (Lipinski definition) is 13. The van der Waals surface area contributed by atoms with Crippen molar-refractivity contribution in [2.24, 2.45) is 124 Å². The van der Waals surface area contributed by atoms with Crippen molar-refractivity contribution in [1.29, 1.82) is 0 Å². The van der Waals surface area contributed by atoms with Crippen LogP contribution in [0.15, 0.2) is 34.6 Å². The molecule has 470 valence electrons. The summed E-state index contributed by atoms with van der Waals surface area (Å²) in [4.78, 5) is 57.6. The third kappa shape index (κ3) is 10.2. The Morgan fingerprint density at radius 1 is 0.470 bits per heavy atom. The van der Waals surface area contributed by atoms with Crippen molar-refractivity contribution in [1.82, 2.24) is 0 Å². The van der Waals surface area contributed by atoms with Crippen LogP contribution in [0.4, 0.5) is 0 Å². The van der Waals surface area contributed by atoms with Gasteiger partial charge in [0.15, 0.2) is 0 Å². The fourth-order valence-electron chi connectivity index (χ4n) is 23.8. The van der Waals surface area contributed by atoms with Gasteiger partial charge in [-0.1, -0.05) is 99.3 Å². The largest absolute Gasteiger partial charge is 0.465 e. The van der Waals surface area contributed by atoms with Crippen molar-refractivity contribution in [2.45, 2.75) is 233 Å². The Hall–Kier alpha value is -3.42. The molecule has 3 N–H and O–H groups in total. The highest BCUT2D eigenvalue weighted by atomic mass is 16.7.